The van der Waals surface area contributed by atoms with Crippen LogP contribution in [0.1, 0.15) is 137 Å². The molecule has 0 aliphatic heterocycles. The van der Waals surface area contributed by atoms with Crippen LogP contribution in [0.4, 0.5) is 0 Å². The standard InChI is InChI=1S/C36H66NO5PSi/c1-9-12-13-14-15-16-17-18-19-20-21-22-23-24-35(38)37-33(29-30-43(39,40-10-2)41-11-3)31-32-25-27-34(28-26-32)42-44(7,8)36(4,5)6/h25-30,33H,9-24,31H2,1-8H3,(H,37,38)/t33-/m0/s1. The van der Waals surface area contributed by atoms with E-state index in [9.17, 15) is 9.36 Å². The lowest BCUT2D eigenvalue weighted by Crippen LogP contribution is -2.43. The Labute approximate surface area is 272 Å². The second-order valence-corrected chi connectivity index (χ2v) is 20.2. The van der Waals surface area contributed by atoms with Gasteiger partial charge in [0.15, 0.2) is 0 Å². The van der Waals surface area contributed by atoms with Gasteiger partial charge in [0.05, 0.1) is 19.3 Å². The van der Waals surface area contributed by atoms with Crippen molar-refractivity contribution in [3.63, 3.8) is 0 Å². The topological polar surface area (TPSA) is 73.9 Å². The quantitative estimate of drug-likeness (QED) is 0.0647. The van der Waals surface area contributed by atoms with Gasteiger partial charge >= 0.3 is 7.60 Å². The van der Waals surface area contributed by atoms with Gasteiger partial charge in [-0.3, -0.25) is 9.36 Å². The molecule has 1 N–H and O–H groups in total. The minimum Gasteiger partial charge on any atom is -0.544 e. The molecule has 44 heavy (non-hydrogen) atoms. The van der Waals surface area contributed by atoms with Gasteiger partial charge in [0.2, 0.25) is 14.2 Å². The summed E-state index contributed by atoms with van der Waals surface area (Å²) < 4.78 is 30.4. The smallest absolute Gasteiger partial charge is 0.353 e. The summed E-state index contributed by atoms with van der Waals surface area (Å²) in [6.45, 7) is 17.6. The fourth-order valence-electron chi connectivity index (χ4n) is 4.84. The summed E-state index contributed by atoms with van der Waals surface area (Å²) in [7, 11) is -5.30. The average Bonchev–Trinajstić information content (AvgIpc) is 2.95. The lowest BCUT2D eigenvalue weighted by Gasteiger charge is -2.36. The van der Waals surface area contributed by atoms with Crippen molar-refractivity contribution in [2.75, 3.05) is 13.2 Å². The van der Waals surface area contributed by atoms with E-state index in [0.717, 1.165) is 24.2 Å². The molecule has 0 heterocycles. The Bertz CT molecular complexity index is 964. The van der Waals surface area contributed by atoms with Crippen LogP contribution in [0.2, 0.25) is 18.1 Å². The lowest BCUT2D eigenvalue weighted by molar-refractivity contribution is -0.121. The summed E-state index contributed by atoms with van der Waals surface area (Å²) >= 11 is 0. The molecule has 1 atom stereocenters. The van der Waals surface area contributed by atoms with E-state index in [2.05, 4.69) is 46.1 Å². The van der Waals surface area contributed by atoms with E-state index in [1.165, 1.54) is 76.4 Å². The largest absolute Gasteiger partial charge is 0.544 e. The van der Waals surface area contributed by atoms with E-state index >= 15 is 0 Å². The molecule has 0 radical (unpaired) electrons. The summed E-state index contributed by atoms with van der Waals surface area (Å²) in [6, 6.07) is 7.79. The number of hydrogen-bond donors (Lipinski definition) is 1. The molecule has 254 valence electrons. The minimum atomic E-state index is -3.37. The Morgan fingerprint density at radius 2 is 1.30 bits per heavy atom. The number of rotatable bonds is 25. The molecule has 1 aromatic rings. The molecule has 0 saturated heterocycles. The Morgan fingerprint density at radius 1 is 0.818 bits per heavy atom. The summed E-state index contributed by atoms with van der Waals surface area (Å²) in [5, 5.41) is 3.28. The number of amides is 1. The van der Waals surface area contributed by atoms with Crippen molar-refractivity contribution in [1.82, 2.24) is 5.32 Å². The number of hydrogen-bond acceptors (Lipinski definition) is 5. The van der Waals surface area contributed by atoms with Gasteiger partial charge < -0.3 is 18.8 Å². The van der Waals surface area contributed by atoms with Crippen LogP contribution < -0.4 is 9.74 Å². The second-order valence-electron chi connectivity index (χ2n) is 13.6. The van der Waals surface area contributed by atoms with Crippen molar-refractivity contribution >= 4 is 21.8 Å². The van der Waals surface area contributed by atoms with Crippen molar-refractivity contribution in [2.24, 2.45) is 0 Å². The third-order valence-electron chi connectivity index (χ3n) is 8.53. The van der Waals surface area contributed by atoms with Crippen LogP contribution in [-0.4, -0.2) is 33.5 Å². The molecule has 0 fully saturated rings. The molecule has 0 aliphatic rings. The average molecular weight is 652 g/mol. The Hall–Kier alpha value is -1.40. The van der Waals surface area contributed by atoms with Crippen LogP contribution in [-0.2, 0) is 24.8 Å². The molecule has 0 aliphatic carbocycles. The highest BCUT2D eigenvalue weighted by molar-refractivity contribution is 7.57. The first-order chi connectivity index (χ1) is 20.9. The molecule has 0 bridgehead atoms. The first kappa shape index (κ1) is 40.6. The predicted molar refractivity (Wildman–Crippen MR) is 190 cm³/mol. The number of carbonyl (C=O) groups excluding carboxylic acids is 1. The van der Waals surface area contributed by atoms with E-state index in [-0.39, 0.29) is 30.2 Å². The van der Waals surface area contributed by atoms with E-state index in [4.69, 9.17) is 13.5 Å². The first-order valence-electron chi connectivity index (χ1n) is 17.5. The highest BCUT2D eigenvalue weighted by Gasteiger charge is 2.38. The number of carbonyl (C=O) groups is 1. The molecule has 0 saturated carbocycles. The molecule has 1 rings (SSSR count). The Morgan fingerprint density at radius 3 is 1.75 bits per heavy atom. The zero-order chi connectivity index (χ0) is 32.9. The summed E-state index contributed by atoms with van der Waals surface area (Å²) in [6.07, 6.45) is 19.5. The maximum Gasteiger partial charge on any atom is 0.353 e. The fraction of sp³-hybridized carbons (Fsp3) is 0.750. The van der Waals surface area contributed by atoms with E-state index in [1.807, 2.05) is 24.3 Å². The zero-order valence-corrected chi connectivity index (χ0v) is 31.4. The second kappa shape index (κ2) is 22.2. The van der Waals surface area contributed by atoms with Crippen molar-refractivity contribution in [2.45, 2.75) is 162 Å². The molecule has 0 unspecified atom stereocenters. The number of benzene rings is 1. The van der Waals surface area contributed by atoms with Crippen molar-refractivity contribution in [3.8, 4) is 5.75 Å². The van der Waals surface area contributed by atoms with Crippen molar-refractivity contribution in [3.05, 3.63) is 41.7 Å². The summed E-state index contributed by atoms with van der Waals surface area (Å²) in [5.74, 6) is 2.39. The molecule has 0 aromatic heterocycles. The highest BCUT2D eigenvalue weighted by atomic mass is 31.2. The molecule has 1 amide bonds. The maximum atomic E-state index is 13.1. The lowest BCUT2D eigenvalue weighted by atomic mass is 10.0. The van der Waals surface area contributed by atoms with E-state index in [0.29, 0.717) is 12.8 Å². The van der Waals surface area contributed by atoms with Gasteiger partial charge in [-0.2, -0.15) is 0 Å². The third-order valence-corrected chi connectivity index (χ3v) is 14.7. The van der Waals surface area contributed by atoms with Gasteiger partial charge in [-0.25, -0.2) is 0 Å². The zero-order valence-electron chi connectivity index (χ0n) is 29.6. The molecule has 6 nitrogen and oxygen atoms in total. The monoisotopic (exact) mass is 651 g/mol. The minimum absolute atomic E-state index is 0.0169. The molecular formula is C36H66NO5PSi. The maximum absolute atomic E-state index is 13.1. The van der Waals surface area contributed by atoms with Gasteiger partial charge in [-0.1, -0.05) is 123 Å². The Kier molecular flexibility index (Phi) is 20.5. The van der Waals surface area contributed by atoms with Crippen LogP contribution in [0.5, 0.6) is 5.75 Å². The van der Waals surface area contributed by atoms with Gasteiger partial charge in [0, 0.05) is 12.2 Å². The van der Waals surface area contributed by atoms with Crippen molar-refractivity contribution in [1.29, 1.82) is 0 Å². The van der Waals surface area contributed by atoms with Gasteiger partial charge in [0.1, 0.15) is 5.75 Å². The molecule has 0 spiro atoms. The van der Waals surface area contributed by atoms with Crippen LogP contribution >= 0.6 is 7.60 Å². The summed E-state index contributed by atoms with van der Waals surface area (Å²) in [4.78, 5) is 12.9. The SMILES string of the molecule is CCCCCCCCCCCCCCCC(=O)N[C@@H](C=CP(=O)(OCC)OCC)Cc1ccc(O[Si](C)(C)C(C)(C)C)cc1. The third kappa shape index (κ3) is 17.9. The van der Waals surface area contributed by atoms with Crippen LogP contribution in [0.3, 0.4) is 0 Å². The van der Waals surface area contributed by atoms with E-state index in [1.54, 1.807) is 19.9 Å². The fourth-order valence-corrected chi connectivity index (χ4v) is 7.25. The van der Waals surface area contributed by atoms with E-state index < -0.39 is 15.9 Å². The molecule has 8 heteroatoms. The first-order valence-corrected chi connectivity index (χ1v) is 22.0. The van der Waals surface area contributed by atoms with Gasteiger partial charge in [-0.15, -0.1) is 0 Å². The molecule has 1 aromatic carbocycles. The highest BCUT2D eigenvalue weighted by Crippen LogP contribution is 2.49. The van der Waals surface area contributed by atoms with Crippen molar-refractivity contribution < 1.29 is 22.8 Å². The number of unbranched alkanes of at least 4 members (excludes halogenated alkanes) is 12. The van der Waals surface area contributed by atoms with Crippen LogP contribution in [0.15, 0.2) is 36.2 Å². The van der Waals surface area contributed by atoms with Gasteiger partial charge in [-0.05, 0) is 62.5 Å². The van der Waals surface area contributed by atoms with Crippen LogP contribution in [0.25, 0.3) is 0 Å². The Balaban J connectivity index is 2.64. The van der Waals surface area contributed by atoms with Crippen LogP contribution in [0, 0.1) is 0 Å². The predicted octanol–water partition coefficient (Wildman–Crippen LogP) is 11.4. The number of nitrogens with one attached hydrogen (secondary N) is 1. The van der Waals surface area contributed by atoms with Gasteiger partial charge in [0.25, 0.3) is 0 Å². The summed E-state index contributed by atoms with van der Waals surface area (Å²) in [5.41, 5.74) is 1.06. The molecular weight excluding hydrogens is 585 g/mol. The normalized spacial score (nSPS) is 13.4.